The molecule has 8 atom stereocenters. The fourth-order valence-corrected chi connectivity index (χ4v) is 8.90. The Morgan fingerprint density at radius 2 is 1.94 bits per heavy atom. The summed E-state index contributed by atoms with van der Waals surface area (Å²) in [6.07, 6.45) is 14.0. The zero-order valence-electron chi connectivity index (χ0n) is 19.5. The average Bonchev–Trinajstić information content (AvgIpc) is 3.33. The molecule has 2 aromatic rings. The molecule has 0 aliphatic heterocycles. The Morgan fingerprint density at radius 3 is 2.81 bits per heavy atom. The number of hydrogen-bond donors (Lipinski definition) is 1. The van der Waals surface area contributed by atoms with Gasteiger partial charge in [0.15, 0.2) is 11.4 Å². The van der Waals surface area contributed by atoms with Gasteiger partial charge in [-0.2, -0.15) is 5.10 Å². The van der Waals surface area contributed by atoms with Crippen LogP contribution in [0.3, 0.4) is 0 Å². The van der Waals surface area contributed by atoms with Crippen molar-refractivity contribution in [2.75, 3.05) is 0 Å². The quantitative estimate of drug-likeness (QED) is 0.735. The maximum Gasteiger partial charge on any atom is 0.158 e. The second-order valence-corrected chi connectivity index (χ2v) is 12.0. The van der Waals surface area contributed by atoms with Crippen molar-refractivity contribution in [1.82, 2.24) is 14.8 Å². The highest BCUT2D eigenvalue weighted by molar-refractivity contribution is 5.84. The Hall–Kier alpha value is -1.75. The smallest absolute Gasteiger partial charge is 0.158 e. The van der Waals surface area contributed by atoms with E-state index >= 15 is 0 Å². The number of carbonyl (C=O) groups excluding carboxylic acids is 1. The predicted molar refractivity (Wildman–Crippen MR) is 124 cm³/mol. The van der Waals surface area contributed by atoms with Gasteiger partial charge in [0.25, 0.3) is 0 Å². The molecule has 0 bridgehead atoms. The molecule has 2 heterocycles. The van der Waals surface area contributed by atoms with Gasteiger partial charge in [-0.15, -0.1) is 0 Å². The van der Waals surface area contributed by atoms with Gasteiger partial charge in [-0.05, 0) is 112 Å². The Balaban J connectivity index is 1.20. The van der Waals surface area contributed by atoms with Gasteiger partial charge >= 0.3 is 0 Å². The second kappa shape index (κ2) is 7.38. The van der Waals surface area contributed by atoms with E-state index in [4.69, 9.17) is 0 Å². The summed E-state index contributed by atoms with van der Waals surface area (Å²) in [5.41, 5.74) is 0.505. The van der Waals surface area contributed by atoms with Crippen LogP contribution in [0, 0.1) is 40.9 Å². The van der Waals surface area contributed by atoms with Crippen LogP contribution in [0.4, 0.5) is 0 Å². The number of fused-ring (bicyclic) bond motifs is 6. The van der Waals surface area contributed by atoms with Crippen molar-refractivity contribution in [1.29, 1.82) is 0 Å². The summed E-state index contributed by atoms with van der Waals surface area (Å²) in [6.45, 7) is 4.82. The standard InChI is InChI=1S/C27H37N3O2/c1-26(32)11-9-19-17(14-26)5-6-21-20(19)10-12-27(2)22(21)7-8-23(27)24(31)16-30-25-18(15-29-30)4-3-13-28-25/h3-4,13,15,17,19-23,32H,5-12,14,16H2,1-2H3. The van der Waals surface area contributed by atoms with Crippen LogP contribution in [0.2, 0.25) is 0 Å². The molecule has 0 radical (unpaired) electrons. The summed E-state index contributed by atoms with van der Waals surface area (Å²) in [7, 11) is 0. The molecule has 4 aliphatic carbocycles. The van der Waals surface area contributed by atoms with Crippen LogP contribution in [0.5, 0.6) is 0 Å². The number of rotatable bonds is 3. The van der Waals surface area contributed by atoms with Crippen molar-refractivity contribution in [3.05, 3.63) is 24.5 Å². The van der Waals surface area contributed by atoms with E-state index in [0.717, 1.165) is 48.0 Å². The van der Waals surface area contributed by atoms with Crippen molar-refractivity contribution < 1.29 is 9.90 Å². The largest absolute Gasteiger partial charge is 0.390 e. The van der Waals surface area contributed by atoms with Crippen molar-refractivity contribution >= 4 is 16.8 Å². The fourth-order valence-electron chi connectivity index (χ4n) is 8.90. The first kappa shape index (κ1) is 20.8. The topological polar surface area (TPSA) is 68.0 Å². The molecule has 32 heavy (non-hydrogen) atoms. The predicted octanol–water partition coefficient (Wildman–Crippen LogP) is 5.02. The van der Waals surface area contributed by atoms with E-state index in [1.807, 2.05) is 25.3 Å². The molecule has 4 saturated carbocycles. The minimum absolute atomic E-state index is 0.141. The number of aromatic nitrogens is 3. The summed E-state index contributed by atoms with van der Waals surface area (Å²) >= 11 is 0. The van der Waals surface area contributed by atoms with E-state index in [1.165, 1.54) is 38.5 Å². The van der Waals surface area contributed by atoms with Gasteiger partial charge in [-0.1, -0.05) is 6.92 Å². The Kier molecular flexibility index (Phi) is 4.80. The lowest BCUT2D eigenvalue weighted by Gasteiger charge is -2.56. The minimum atomic E-state index is -0.451. The molecule has 5 nitrogen and oxygen atoms in total. The minimum Gasteiger partial charge on any atom is -0.390 e. The molecule has 4 fully saturated rings. The number of carbonyl (C=O) groups is 1. The molecule has 4 aliphatic rings. The van der Waals surface area contributed by atoms with E-state index in [0.29, 0.717) is 24.2 Å². The molecule has 8 unspecified atom stereocenters. The van der Waals surface area contributed by atoms with Crippen LogP contribution in [0.1, 0.15) is 71.6 Å². The van der Waals surface area contributed by atoms with Gasteiger partial charge in [0.1, 0.15) is 6.54 Å². The maximum atomic E-state index is 13.6. The van der Waals surface area contributed by atoms with Crippen molar-refractivity contribution in [3.63, 3.8) is 0 Å². The van der Waals surface area contributed by atoms with Crippen molar-refractivity contribution in [3.8, 4) is 0 Å². The number of ketones is 1. The zero-order chi connectivity index (χ0) is 22.1. The molecule has 0 saturated heterocycles. The fraction of sp³-hybridized carbons (Fsp3) is 0.741. The highest BCUT2D eigenvalue weighted by Gasteiger charge is 2.58. The summed E-state index contributed by atoms with van der Waals surface area (Å²) in [4.78, 5) is 18.0. The molecule has 0 amide bonds. The molecule has 2 aromatic heterocycles. The van der Waals surface area contributed by atoms with E-state index in [9.17, 15) is 9.90 Å². The van der Waals surface area contributed by atoms with E-state index < -0.39 is 5.60 Å². The van der Waals surface area contributed by atoms with Crippen molar-refractivity contribution in [2.45, 2.75) is 83.8 Å². The number of aliphatic hydroxyl groups is 1. The van der Waals surface area contributed by atoms with Crippen LogP contribution in [0.25, 0.3) is 11.0 Å². The molecule has 5 heteroatoms. The van der Waals surface area contributed by atoms with E-state index in [-0.39, 0.29) is 11.3 Å². The lowest BCUT2D eigenvalue weighted by Crippen LogP contribution is -2.51. The van der Waals surface area contributed by atoms with Gasteiger partial charge in [0.2, 0.25) is 0 Å². The molecular weight excluding hydrogens is 398 g/mol. The first-order valence-electron chi connectivity index (χ1n) is 12.9. The Bertz CT molecular complexity index is 1030. The van der Waals surface area contributed by atoms with Crippen molar-refractivity contribution in [2.24, 2.45) is 40.9 Å². The lowest BCUT2D eigenvalue weighted by atomic mass is 9.49. The molecule has 0 aromatic carbocycles. The summed E-state index contributed by atoms with van der Waals surface area (Å²) < 4.78 is 1.80. The zero-order valence-corrected chi connectivity index (χ0v) is 19.5. The number of pyridine rings is 1. The van der Waals surface area contributed by atoms with Crippen LogP contribution in [0.15, 0.2) is 24.5 Å². The highest BCUT2D eigenvalue weighted by Crippen LogP contribution is 2.64. The molecule has 0 spiro atoms. The molecule has 172 valence electrons. The number of nitrogens with zero attached hydrogens (tertiary/aromatic N) is 3. The van der Waals surface area contributed by atoms with Gasteiger partial charge in [-0.25, -0.2) is 9.67 Å². The average molecular weight is 436 g/mol. The summed E-state index contributed by atoms with van der Waals surface area (Å²) in [5.74, 6) is 4.30. The third kappa shape index (κ3) is 3.18. The third-order valence-electron chi connectivity index (χ3n) is 10.3. The normalized spacial score (nSPS) is 43.5. The SMILES string of the molecule is CC1(O)CCC2C(CCC3C2CCC2(C)C(C(=O)Cn4ncc5cccnc54)CCC32)C1. The first-order chi connectivity index (χ1) is 15.4. The Labute approximate surface area is 191 Å². The van der Waals surface area contributed by atoms with Gasteiger partial charge in [0, 0.05) is 17.5 Å². The summed E-state index contributed by atoms with van der Waals surface area (Å²) in [6, 6.07) is 3.92. The monoisotopic (exact) mass is 435 g/mol. The van der Waals surface area contributed by atoms with E-state index in [2.05, 4.69) is 17.0 Å². The van der Waals surface area contributed by atoms with Gasteiger partial charge in [0.05, 0.1) is 11.8 Å². The lowest BCUT2D eigenvalue weighted by molar-refractivity contribution is -0.133. The van der Waals surface area contributed by atoms with Gasteiger partial charge in [-0.3, -0.25) is 4.79 Å². The van der Waals surface area contributed by atoms with E-state index in [1.54, 1.807) is 10.9 Å². The Morgan fingerprint density at radius 1 is 1.09 bits per heavy atom. The molecular formula is C27H37N3O2. The molecule has 1 N–H and O–H groups in total. The second-order valence-electron chi connectivity index (χ2n) is 12.0. The number of Topliss-reactive ketones (excluding diaryl/α,β-unsaturated/α-hetero) is 1. The first-order valence-corrected chi connectivity index (χ1v) is 12.9. The maximum absolute atomic E-state index is 13.6. The third-order valence-corrected chi connectivity index (χ3v) is 10.3. The van der Waals surface area contributed by atoms with Crippen LogP contribution in [-0.2, 0) is 11.3 Å². The van der Waals surface area contributed by atoms with Crippen LogP contribution < -0.4 is 0 Å². The molecule has 6 rings (SSSR count). The van der Waals surface area contributed by atoms with Crippen LogP contribution in [-0.4, -0.2) is 31.3 Å². The highest BCUT2D eigenvalue weighted by atomic mass is 16.3. The number of hydrogen-bond acceptors (Lipinski definition) is 4. The summed E-state index contributed by atoms with van der Waals surface area (Å²) in [5, 5.41) is 16.1. The van der Waals surface area contributed by atoms with Crippen LogP contribution >= 0.6 is 0 Å². The van der Waals surface area contributed by atoms with Gasteiger partial charge < -0.3 is 5.11 Å².